The average Bonchev–Trinajstić information content (AvgIpc) is 2.77. The molecule has 2 aliphatic rings. The van der Waals surface area contributed by atoms with Crippen LogP contribution in [0.5, 0.6) is 0 Å². The fourth-order valence-corrected chi connectivity index (χ4v) is 3.92. The van der Waals surface area contributed by atoms with Crippen molar-refractivity contribution >= 4 is 21.8 Å². The largest absolute Gasteiger partial charge is 0.381 e. The fraction of sp³-hybridized carbons (Fsp3) is 0.857. The van der Waals surface area contributed by atoms with Gasteiger partial charge in [0.25, 0.3) is 0 Å². The maximum Gasteiger partial charge on any atom is 0.225 e. The first-order valence-corrected chi connectivity index (χ1v) is 9.71. The number of hydrogen-bond donors (Lipinski definition) is 1. The normalized spacial score (nSPS) is 25.0. The van der Waals surface area contributed by atoms with Crippen LogP contribution in [0.15, 0.2) is 0 Å². The highest BCUT2D eigenvalue weighted by molar-refractivity contribution is 7.88. The molecule has 1 atom stereocenters. The van der Waals surface area contributed by atoms with Gasteiger partial charge in [-0.1, -0.05) is 0 Å². The first-order valence-electron chi connectivity index (χ1n) is 7.86. The molecule has 2 amide bonds. The number of rotatable bonds is 3. The minimum absolute atomic E-state index is 0.00226. The van der Waals surface area contributed by atoms with Crippen molar-refractivity contribution in [3.05, 3.63) is 0 Å². The van der Waals surface area contributed by atoms with Crippen LogP contribution in [0, 0.1) is 11.8 Å². The molecule has 2 fully saturated rings. The van der Waals surface area contributed by atoms with Crippen LogP contribution in [-0.4, -0.2) is 82.1 Å². The van der Waals surface area contributed by atoms with Crippen molar-refractivity contribution in [1.82, 2.24) is 14.5 Å². The lowest BCUT2D eigenvalue weighted by molar-refractivity contribution is -0.139. The number of amides is 2. The number of carbonyl (C=O) groups is 2. The molecule has 0 radical (unpaired) electrons. The Morgan fingerprint density at radius 1 is 1.09 bits per heavy atom. The molecule has 0 bridgehead atoms. The van der Waals surface area contributed by atoms with Gasteiger partial charge in [0.15, 0.2) is 0 Å². The maximum absolute atomic E-state index is 12.7. The third-order valence-electron chi connectivity index (χ3n) is 4.45. The highest BCUT2D eigenvalue weighted by Gasteiger charge is 2.35. The molecule has 9 heteroatoms. The monoisotopic (exact) mass is 347 g/mol. The molecule has 23 heavy (non-hydrogen) atoms. The molecule has 0 aromatic carbocycles. The van der Waals surface area contributed by atoms with Crippen LogP contribution >= 0.6 is 0 Å². The van der Waals surface area contributed by atoms with Crippen molar-refractivity contribution < 1.29 is 22.7 Å². The van der Waals surface area contributed by atoms with Gasteiger partial charge in [-0.3, -0.25) is 9.59 Å². The van der Waals surface area contributed by atoms with Crippen LogP contribution in [0.4, 0.5) is 0 Å². The van der Waals surface area contributed by atoms with Crippen LogP contribution in [0.25, 0.3) is 0 Å². The number of sulfonamides is 1. The predicted molar refractivity (Wildman–Crippen MR) is 84.1 cm³/mol. The van der Waals surface area contributed by atoms with Crippen molar-refractivity contribution in [3.63, 3.8) is 0 Å². The Hall–Kier alpha value is -1.19. The molecule has 132 valence electrons. The summed E-state index contributed by atoms with van der Waals surface area (Å²) >= 11 is 0. The number of ether oxygens (including phenoxy) is 1. The Kier molecular flexibility index (Phi) is 5.99. The molecule has 0 aromatic rings. The summed E-state index contributed by atoms with van der Waals surface area (Å²) in [5.74, 6) is -0.900. The van der Waals surface area contributed by atoms with E-state index in [1.807, 2.05) is 0 Å². The summed E-state index contributed by atoms with van der Waals surface area (Å²) < 4.78 is 30.3. The van der Waals surface area contributed by atoms with Crippen LogP contribution in [-0.2, 0) is 24.3 Å². The van der Waals surface area contributed by atoms with Gasteiger partial charge in [-0.2, -0.15) is 4.31 Å². The number of nitrogens with one attached hydrogen (secondary N) is 1. The SMILES string of the molecule is CNC(=O)[C@@H]1CN(C(=O)C2CCOCC2)CCN(S(C)(=O)=O)C1. The zero-order valence-electron chi connectivity index (χ0n) is 13.7. The van der Waals surface area contributed by atoms with Crippen LogP contribution in [0.1, 0.15) is 12.8 Å². The lowest BCUT2D eigenvalue weighted by atomic mass is 9.98. The Balaban J connectivity index is 2.14. The maximum atomic E-state index is 12.7. The molecular weight excluding hydrogens is 322 g/mol. The quantitative estimate of drug-likeness (QED) is 0.698. The zero-order chi connectivity index (χ0) is 17.0. The third kappa shape index (κ3) is 4.65. The Bertz CT molecular complexity index is 545. The lowest BCUT2D eigenvalue weighted by Gasteiger charge is -2.29. The molecular formula is C14H25N3O5S. The molecule has 1 N–H and O–H groups in total. The second kappa shape index (κ2) is 7.59. The molecule has 8 nitrogen and oxygen atoms in total. The topological polar surface area (TPSA) is 96.0 Å². The van der Waals surface area contributed by atoms with Crippen molar-refractivity contribution in [1.29, 1.82) is 0 Å². The van der Waals surface area contributed by atoms with Crippen molar-refractivity contribution in [2.45, 2.75) is 12.8 Å². The highest BCUT2D eigenvalue weighted by Crippen LogP contribution is 2.20. The fourth-order valence-electron chi connectivity index (χ4n) is 3.06. The van der Waals surface area contributed by atoms with Crippen molar-refractivity contribution in [2.24, 2.45) is 11.8 Å². The van der Waals surface area contributed by atoms with E-state index in [1.165, 1.54) is 11.4 Å². The van der Waals surface area contributed by atoms with E-state index < -0.39 is 15.9 Å². The minimum Gasteiger partial charge on any atom is -0.381 e. The van der Waals surface area contributed by atoms with Gasteiger partial charge in [-0.05, 0) is 12.8 Å². The van der Waals surface area contributed by atoms with E-state index in [2.05, 4.69) is 5.32 Å². The van der Waals surface area contributed by atoms with Crippen LogP contribution in [0.3, 0.4) is 0 Å². The van der Waals surface area contributed by atoms with Gasteiger partial charge < -0.3 is 15.0 Å². The first kappa shape index (κ1) is 18.2. The minimum atomic E-state index is -3.40. The summed E-state index contributed by atoms with van der Waals surface area (Å²) in [7, 11) is -1.89. The van der Waals surface area contributed by atoms with Crippen molar-refractivity contribution in [2.75, 3.05) is 52.7 Å². The lowest BCUT2D eigenvalue weighted by Crippen LogP contribution is -2.44. The average molecular weight is 347 g/mol. The summed E-state index contributed by atoms with van der Waals surface area (Å²) in [6.45, 7) is 2.03. The number of hydrogen-bond acceptors (Lipinski definition) is 5. The van der Waals surface area contributed by atoms with E-state index in [4.69, 9.17) is 4.74 Å². The van der Waals surface area contributed by atoms with Crippen LogP contribution in [0.2, 0.25) is 0 Å². The molecule has 0 saturated carbocycles. The van der Waals surface area contributed by atoms with Gasteiger partial charge in [-0.15, -0.1) is 0 Å². The highest BCUT2D eigenvalue weighted by atomic mass is 32.2. The van der Waals surface area contributed by atoms with Gasteiger partial charge in [0, 0.05) is 52.4 Å². The number of carbonyl (C=O) groups excluding carboxylic acids is 2. The second-order valence-electron chi connectivity index (χ2n) is 6.10. The molecule has 2 aliphatic heterocycles. The number of nitrogens with zero attached hydrogens (tertiary/aromatic N) is 2. The van der Waals surface area contributed by atoms with Gasteiger partial charge in [-0.25, -0.2) is 8.42 Å². The second-order valence-corrected chi connectivity index (χ2v) is 8.09. The van der Waals surface area contributed by atoms with Crippen molar-refractivity contribution in [3.8, 4) is 0 Å². The third-order valence-corrected chi connectivity index (χ3v) is 5.72. The Labute approximate surface area is 137 Å². The van der Waals surface area contributed by atoms with E-state index >= 15 is 0 Å². The molecule has 2 heterocycles. The summed E-state index contributed by atoms with van der Waals surface area (Å²) in [5, 5.41) is 2.56. The van der Waals surface area contributed by atoms with Crippen LogP contribution < -0.4 is 5.32 Å². The summed E-state index contributed by atoms with van der Waals surface area (Å²) in [6.07, 6.45) is 2.48. The molecule has 0 aliphatic carbocycles. The van der Waals surface area contributed by atoms with E-state index in [-0.39, 0.29) is 37.4 Å². The van der Waals surface area contributed by atoms with Gasteiger partial charge in [0.05, 0.1) is 12.2 Å². The molecule has 2 rings (SSSR count). The molecule has 0 aromatic heterocycles. The zero-order valence-corrected chi connectivity index (χ0v) is 14.5. The predicted octanol–water partition coefficient (Wildman–Crippen LogP) is -1.12. The standard InChI is InChI=1S/C14H25N3O5S/c1-15-13(18)12-9-16(5-6-17(10-12)23(2,20)21)14(19)11-3-7-22-8-4-11/h11-12H,3-10H2,1-2H3,(H,15,18)/t12-/m1/s1. The van der Waals surface area contributed by atoms with Gasteiger partial charge in [0.2, 0.25) is 21.8 Å². The Morgan fingerprint density at radius 3 is 2.30 bits per heavy atom. The summed E-state index contributed by atoms with van der Waals surface area (Å²) in [5.41, 5.74) is 0. The molecule has 0 spiro atoms. The molecule has 0 unspecified atom stereocenters. The smallest absolute Gasteiger partial charge is 0.225 e. The van der Waals surface area contributed by atoms with E-state index in [0.29, 0.717) is 32.6 Å². The van der Waals surface area contributed by atoms with E-state index in [1.54, 1.807) is 4.90 Å². The van der Waals surface area contributed by atoms with Gasteiger partial charge >= 0.3 is 0 Å². The van der Waals surface area contributed by atoms with E-state index in [9.17, 15) is 18.0 Å². The summed E-state index contributed by atoms with van der Waals surface area (Å²) in [4.78, 5) is 26.4. The molecule has 2 saturated heterocycles. The van der Waals surface area contributed by atoms with E-state index in [0.717, 1.165) is 6.26 Å². The van der Waals surface area contributed by atoms with Gasteiger partial charge in [0.1, 0.15) is 0 Å². The Morgan fingerprint density at radius 2 is 1.74 bits per heavy atom. The summed E-state index contributed by atoms with van der Waals surface area (Å²) in [6, 6.07) is 0. The first-order chi connectivity index (χ1) is 10.8.